The van der Waals surface area contributed by atoms with E-state index in [9.17, 15) is 0 Å². The Morgan fingerprint density at radius 3 is 1.57 bits per heavy atom. The molecule has 0 fully saturated rings. The first-order chi connectivity index (χ1) is 19.7. The Morgan fingerprint density at radius 1 is 0.575 bits per heavy atom. The summed E-state index contributed by atoms with van der Waals surface area (Å²) in [5, 5.41) is 0. The molecule has 1 aliphatic carbocycles. The Hall–Kier alpha value is -4.46. The third kappa shape index (κ3) is 4.43. The van der Waals surface area contributed by atoms with E-state index in [2.05, 4.69) is 153 Å². The van der Waals surface area contributed by atoms with Gasteiger partial charge in [-0.25, -0.2) is 0 Å². The molecule has 5 aromatic carbocycles. The molecule has 1 aliphatic rings. The van der Waals surface area contributed by atoms with E-state index < -0.39 is 5.41 Å². The minimum absolute atomic E-state index is 0.428. The van der Waals surface area contributed by atoms with Crippen molar-refractivity contribution in [2.75, 3.05) is 13.7 Å². The van der Waals surface area contributed by atoms with Gasteiger partial charge in [0.25, 0.3) is 0 Å². The first-order valence-corrected chi connectivity index (χ1v) is 14.0. The first-order valence-electron chi connectivity index (χ1n) is 14.0. The van der Waals surface area contributed by atoms with Gasteiger partial charge in [-0.05, 0) is 63.5 Å². The molecular formula is C39H34O. The molecular weight excluding hydrogens is 484 g/mol. The van der Waals surface area contributed by atoms with E-state index in [0.29, 0.717) is 6.61 Å². The molecule has 0 spiro atoms. The normalized spacial score (nSPS) is 15.4. The molecule has 0 amide bonds. The average Bonchev–Trinajstić information content (AvgIpc) is 3.01. The standard InChI is InChI=1S/C39H34O/c1-29-23-25-32(26-24-29)36(30-15-7-3-8-16-30)38-37(31-17-9-4-10-18-31)35(27-28-40-2)39(38,33-19-11-5-12-20-33)34-21-13-6-14-22-34/h3-26H,27-28H2,1-2H3/b38-36-. The van der Waals surface area contributed by atoms with Gasteiger partial charge in [0.2, 0.25) is 0 Å². The summed E-state index contributed by atoms with van der Waals surface area (Å²) in [5.41, 5.74) is 12.4. The van der Waals surface area contributed by atoms with Crippen molar-refractivity contribution in [1.29, 1.82) is 0 Å². The van der Waals surface area contributed by atoms with Gasteiger partial charge >= 0.3 is 0 Å². The average molecular weight is 519 g/mol. The number of ether oxygens (including phenoxy) is 1. The summed E-state index contributed by atoms with van der Waals surface area (Å²) in [6, 6.07) is 52.8. The van der Waals surface area contributed by atoms with E-state index in [-0.39, 0.29) is 0 Å². The van der Waals surface area contributed by atoms with Gasteiger partial charge in [-0.15, -0.1) is 0 Å². The van der Waals surface area contributed by atoms with E-state index in [1.165, 1.54) is 55.7 Å². The summed E-state index contributed by atoms with van der Waals surface area (Å²) in [6.45, 7) is 2.81. The van der Waals surface area contributed by atoms with Crippen molar-refractivity contribution in [3.05, 3.63) is 190 Å². The zero-order valence-electron chi connectivity index (χ0n) is 23.2. The smallest absolute Gasteiger partial charge is 0.0683 e. The van der Waals surface area contributed by atoms with E-state index in [4.69, 9.17) is 4.74 Å². The molecule has 0 aliphatic heterocycles. The lowest BCUT2D eigenvalue weighted by Crippen LogP contribution is -2.43. The lowest BCUT2D eigenvalue weighted by molar-refractivity contribution is 0.199. The predicted octanol–water partition coefficient (Wildman–Crippen LogP) is 9.29. The number of hydrogen-bond donors (Lipinski definition) is 0. The van der Waals surface area contributed by atoms with Crippen LogP contribution in [0.25, 0.3) is 11.1 Å². The molecule has 1 nitrogen and oxygen atoms in total. The van der Waals surface area contributed by atoms with Gasteiger partial charge in [0, 0.05) is 13.7 Å². The predicted molar refractivity (Wildman–Crippen MR) is 167 cm³/mol. The van der Waals surface area contributed by atoms with Gasteiger partial charge in [0.15, 0.2) is 0 Å². The van der Waals surface area contributed by atoms with E-state index in [1.807, 2.05) is 0 Å². The molecule has 196 valence electrons. The Labute approximate surface area is 238 Å². The highest BCUT2D eigenvalue weighted by atomic mass is 16.5. The number of hydrogen-bond acceptors (Lipinski definition) is 1. The van der Waals surface area contributed by atoms with Crippen molar-refractivity contribution in [3.63, 3.8) is 0 Å². The fraction of sp³-hybridized carbons (Fsp3) is 0.128. The third-order valence-electron chi connectivity index (χ3n) is 8.06. The van der Waals surface area contributed by atoms with Crippen molar-refractivity contribution in [1.82, 2.24) is 0 Å². The summed E-state index contributed by atoms with van der Waals surface area (Å²) in [6.07, 6.45) is 0.837. The maximum absolute atomic E-state index is 5.73. The number of methoxy groups -OCH3 is 1. The van der Waals surface area contributed by atoms with Gasteiger partial charge in [-0.3, -0.25) is 0 Å². The summed E-state index contributed by atoms with van der Waals surface area (Å²) >= 11 is 0. The van der Waals surface area contributed by atoms with Crippen LogP contribution in [-0.2, 0) is 10.2 Å². The van der Waals surface area contributed by atoms with E-state index in [1.54, 1.807) is 7.11 Å². The SMILES string of the molecule is COCCC1=C(c2ccccc2)/C(=C(\c2ccccc2)c2ccc(C)cc2)C1(c1ccccc1)c1ccccc1. The summed E-state index contributed by atoms with van der Waals surface area (Å²) in [7, 11) is 1.80. The molecule has 0 radical (unpaired) electrons. The monoisotopic (exact) mass is 518 g/mol. The Bertz CT molecular complexity index is 1590. The van der Waals surface area contributed by atoms with Crippen LogP contribution in [0.15, 0.2) is 157 Å². The molecule has 0 saturated heterocycles. The molecule has 0 unspecified atom stereocenters. The number of aryl methyl sites for hydroxylation is 1. The van der Waals surface area contributed by atoms with Gasteiger partial charge in [0.05, 0.1) is 5.41 Å². The second-order valence-corrected chi connectivity index (χ2v) is 10.4. The maximum atomic E-state index is 5.73. The second kappa shape index (κ2) is 11.3. The van der Waals surface area contributed by atoms with Crippen molar-refractivity contribution in [2.45, 2.75) is 18.8 Å². The highest BCUT2D eigenvalue weighted by molar-refractivity contribution is 6.07. The van der Waals surface area contributed by atoms with Crippen LogP contribution < -0.4 is 0 Å². The van der Waals surface area contributed by atoms with Crippen molar-refractivity contribution < 1.29 is 4.74 Å². The van der Waals surface area contributed by atoms with Crippen molar-refractivity contribution in [3.8, 4) is 0 Å². The maximum Gasteiger partial charge on any atom is 0.0683 e. The molecule has 6 rings (SSSR count). The molecule has 0 atom stereocenters. The summed E-state index contributed by atoms with van der Waals surface area (Å²) in [5.74, 6) is 0. The van der Waals surface area contributed by atoms with E-state index in [0.717, 1.165) is 6.42 Å². The Morgan fingerprint density at radius 2 is 1.05 bits per heavy atom. The van der Waals surface area contributed by atoms with Crippen LogP contribution in [-0.4, -0.2) is 13.7 Å². The van der Waals surface area contributed by atoms with Crippen LogP contribution >= 0.6 is 0 Å². The molecule has 1 heteroatoms. The molecule has 0 aromatic heterocycles. The van der Waals surface area contributed by atoms with Crippen LogP contribution in [0.2, 0.25) is 0 Å². The molecule has 0 heterocycles. The van der Waals surface area contributed by atoms with Gasteiger partial charge in [-0.2, -0.15) is 0 Å². The second-order valence-electron chi connectivity index (χ2n) is 10.4. The fourth-order valence-electron chi connectivity index (χ4n) is 6.33. The number of rotatable bonds is 8. The third-order valence-corrected chi connectivity index (χ3v) is 8.06. The molecule has 0 N–H and O–H groups in total. The zero-order chi connectivity index (χ0) is 27.4. The van der Waals surface area contributed by atoms with Crippen molar-refractivity contribution in [2.24, 2.45) is 0 Å². The van der Waals surface area contributed by atoms with Gasteiger partial charge < -0.3 is 4.74 Å². The lowest BCUT2D eigenvalue weighted by Gasteiger charge is -2.51. The Kier molecular flexibility index (Phi) is 7.31. The summed E-state index contributed by atoms with van der Waals surface area (Å²) < 4.78 is 5.73. The van der Waals surface area contributed by atoms with Crippen LogP contribution in [0, 0.1) is 6.92 Å². The topological polar surface area (TPSA) is 9.23 Å². The quantitative estimate of drug-likeness (QED) is 0.199. The van der Waals surface area contributed by atoms with Gasteiger partial charge in [-0.1, -0.05) is 151 Å². The highest BCUT2D eigenvalue weighted by Crippen LogP contribution is 2.63. The van der Waals surface area contributed by atoms with Crippen LogP contribution in [0.5, 0.6) is 0 Å². The molecule has 0 bridgehead atoms. The minimum atomic E-state index is -0.428. The van der Waals surface area contributed by atoms with Crippen molar-refractivity contribution >= 4 is 11.1 Å². The minimum Gasteiger partial charge on any atom is -0.384 e. The lowest BCUT2D eigenvalue weighted by atomic mass is 9.50. The first kappa shape index (κ1) is 25.8. The van der Waals surface area contributed by atoms with Crippen LogP contribution in [0.1, 0.15) is 39.8 Å². The molecule has 5 aromatic rings. The van der Waals surface area contributed by atoms with Gasteiger partial charge in [0.1, 0.15) is 0 Å². The number of allylic oxidation sites excluding steroid dienone is 2. The zero-order valence-corrected chi connectivity index (χ0v) is 23.2. The van der Waals surface area contributed by atoms with Crippen LogP contribution in [0.4, 0.5) is 0 Å². The highest BCUT2D eigenvalue weighted by Gasteiger charge is 2.53. The largest absolute Gasteiger partial charge is 0.384 e. The van der Waals surface area contributed by atoms with Crippen LogP contribution in [0.3, 0.4) is 0 Å². The van der Waals surface area contributed by atoms with E-state index >= 15 is 0 Å². The number of benzene rings is 5. The molecule has 0 saturated carbocycles. The summed E-state index contributed by atoms with van der Waals surface area (Å²) in [4.78, 5) is 0. The molecule has 40 heavy (non-hydrogen) atoms. The fourth-order valence-corrected chi connectivity index (χ4v) is 6.33. The Balaban J connectivity index is 1.82.